The van der Waals surface area contributed by atoms with Crippen molar-refractivity contribution in [1.29, 1.82) is 0 Å². The van der Waals surface area contributed by atoms with Gasteiger partial charge >= 0.3 is 0 Å². The molecule has 0 aliphatic heterocycles. The van der Waals surface area contributed by atoms with Gasteiger partial charge in [0.25, 0.3) is 0 Å². The highest BCUT2D eigenvalue weighted by molar-refractivity contribution is 7.99. The summed E-state index contributed by atoms with van der Waals surface area (Å²) >= 11 is 1.41. The molecule has 0 spiro atoms. The van der Waals surface area contributed by atoms with Gasteiger partial charge in [-0.05, 0) is 38.3 Å². The molecule has 0 saturated carbocycles. The van der Waals surface area contributed by atoms with Crippen molar-refractivity contribution in [1.82, 2.24) is 20.1 Å². The van der Waals surface area contributed by atoms with E-state index in [2.05, 4.69) is 39.1 Å². The molecule has 1 aromatic carbocycles. The van der Waals surface area contributed by atoms with Crippen LogP contribution in [0.25, 0.3) is 11.4 Å². The number of benzene rings is 1. The third kappa shape index (κ3) is 5.04. The Balaban J connectivity index is 1.78. The van der Waals surface area contributed by atoms with E-state index in [0.717, 1.165) is 41.7 Å². The Bertz CT molecular complexity index is 904. The van der Waals surface area contributed by atoms with Crippen LogP contribution < -0.4 is 5.32 Å². The quantitative estimate of drug-likeness (QED) is 0.550. The maximum absolute atomic E-state index is 12.2. The van der Waals surface area contributed by atoms with Crippen molar-refractivity contribution in [2.45, 2.75) is 51.4 Å². The van der Waals surface area contributed by atoms with Crippen molar-refractivity contribution in [3.8, 4) is 11.4 Å². The minimum absolute atomic E-state index is 0.0120. The maximum atomic E-state index is 12.2. The van der Waals surface area contributed by atoms with Crippen LogP contribution in [-0.4, -0.2) is 32.5 Å². The van der Waals surface area contributed by atoms with Crippen molar-refractivity contribution in [2.24, 2.45) is 0 Å². The van der Waals surface area contributed by atoms with Crippen LogP contribution in [0.3, 0.4) is 0 Å². The Morgan fingerprint density at radius 3 is 2.71 bits per heavy atom. The van der Waals surface area contributed by atoms with E-state index in [9.17, 15) is 4.79 Å². The van der Waals surface area contributed by atoms with Gasteiger partial charge in [0.1, 0.15) is 5.76 Å². The molecule has 0 radical (unpaired) electrons. The van der Waals surface area contributed by atoms with Crippen molar-refractivity contribution in [2.75, 3.05) is 5.75 Å². The summed E-state index contributed by atoms with van der Waals surface area (Å²) in [6, 6.07) is 12.4. The lowest BCUT2D eigenvalue weighted by Gasteiger charge is -2.12. The van der Waals surface area contributed by atoms with Crippen molar-refractivity contribution >= 4 is 17.7 Å². The second-order valence-electron chi connectivity index (χ2n) is 6.75. The molecule has 7 heteroatoms. The molecule has 3 aromatic rings. The zero-order valence-electron chi connectivity index (χ0n) is 16.5. The molecule has 1 N–H and O–H groups in total. The maximum Gasteiger partial charge on any atom is 0.230 e. The smallest absolute Gasteiger partial charge is 0.230 e. The Kier molecular flexibility index (Phi) is 6.92. The van der Waals surface area contributed by atoms with Crippen LogP contribution in [0.1, 0.15) is 31.6 Å². The fourth-order valence-corrected chi connectivity index (χ4v) is 3.62. The van der Waals surface area contributed by atoms with E-state index in [4.69, 9.17) is 4.42 Å². The molecule has 3 rings (SSSR count). The van der Waals surface area contributed by atoms with E-state index in [0.29, 0.717) is 5.75 Å². The molecule has 0 fully saturated rings. The zero-order valence-corrected chi connectivity index (χ0v) is 17.3. The van der Waals surface area contributed by atoms with Gasteiger partial charge in [-0.2, -0.15) is 0 Å². The van der Waals surface area contributed by atoms with Gasteiger partial charge in [0, 0.05) is 12.6 Å². The number of rotatable bonds is 9. The number of nitrogens with one attached hydrogen (secondary N) is 1. The number of carbonyl (C=O) groups is 1. The Labute approximate surface area is 169 Å². The van der Waals surface area contributed by atoms with Gasteiger partial charge in [-0.3, -0.25) is 4.79 Å². The molecule has 1 amide bonds. The van der Waals surface area contributed by atoms with Crippen molar-refractivity contribution in [3.63, 3.8) is 0 Å². The number of thioether (sulfide) groups is 1. The largest absolute Gasteiger partial charge is 0.469 e. The number of hydrogen-bond acceptors (Lipinski definition) is 5. The molecule has 148 valence electrons. The van der Waals surface area contributed by atoms with Crippen LogP contribution in [0.5, 0.6) is 0 Å². The summed E-state index contributed by atoms with van der Waals surface area (Å²) in [6.45, 7) is 6.70. The zero-order chi connectivity index (χ0) is 19.9. The average molecular weight is 399 g/mol. The van der Waals surface area contributed by atoms with Crippen LogP contribution in [-0.2, 0) is 17.8 Å². The van der Waals surface area contributed by atoms with E-state index >= 15 is 0 Å². The van der Waals surface area contributed by atoms with Crippen LogP contribution >= 0.6 is 11.8 Å². The summed E-state index contributed by atoms with van der Waals surface area (Å²) < 4.78 is 7.52. The highest BCUT2D eigenvalue weighted by Crippen LogP contribution is 2.27. The number of hydrogen-bond donors (Lipinski definition) is 1. The molecule has 2 aromatic heterocycles. The lowest BCUT2D eigenvalue weighted by molar-refractivity contribution is -0.119. The summed E-state index contributed by atoms with van der Waals surface area (Å²) in [6.07, 6.45) is 3.43. The van der Waals surface area contributed by atoms with Crippen LogP contribution in [0.15, 0.2) is 52.2 Å². The molecule has 0 aliphatic carbocycles. The fourth-order valence-electron chi connectivity index (χ4n) is 2.85. The lowest BCUT2D eigenvalue weighted by Crippen LogP contribution is -2.33. The predicted octanol–water partition coefficient (Wildman–Crippen LogP) is 4.10. The van der Waals surface area contributed by atoms with Gasteiger partial charge in [-0.1, -0.05) is 49.0 Å². The SMILES string of the molecule is CC[C@@H](C)NC(=O)CSc1nnc(-c2ccoc2C)n1CCc1ccccc1. The summed E-state index contributed by atoms with van der Waals surface area (Å²) in [5.41, 5.74) is 2.17. The minimum Gasteiger partial charge on any atom is -0.469 e. The molecule has 0 aliphatic rings. The molecule has 2 heterocycles. The normalized spacial score (nSPS) is 12.1. The average Bonchev–Trinajstić information content (AvgIpc) is 3.30. The van der Waals surface area contributed by atoms with E-state index in [1.807, 2.05) is 38.1 Å². The number of carbonyl (C=O) groups excluding carboxylic acids is 1. The molecule has 0 bridgehead atoms. The number of aryl methyl sites for hydroxylation is 2. The van der Waals surface area contributed by atoms with E-state index in [-0.39, 0.29) is 11.9 Å². The Morgan fingerprint density at radius 2 is 2.04 bits per heavy atom. The first-order chi connectivity index (χ1) is 13.6. The third-order valence-electron chi connectivity index (χ3n) is 4.64. The van der Waals surface area contributed by atoms with E-state index in [1.54, 1.807) is 6.26 Å². The van der Waals surface area contributed by atoms with Crippen molar-refractivity contribution < 1.29 is 9.21 Å². The number of aromatic nitrogens is 3. The lowest BCUT2D eigenvalue weighted by atomic mass is 10.1. The topological polar surface area (TPSA) is 73.0 Å². The Morgan fingerprint density at radius 1 is 1.25 bits per heavy atom. The fraction of sp³-hybridized carbons (Fsp3) is 0.381. The number of furan rings is 1. The second kappa shape index (κ2) is 9.59. The summed E-state index contributed by atoms with van der Waals surface area (Å²) in [4.78, 5) is 12.2. The second-order valence-corrected chi connectivity index (χ2v) is 7.69. The summed E-state index contributed by atoms with van der Waals surface area (Å²) in [7, 11) is 0. The molecule has 0 unspecified atom stereocenters. The van der Waals surface area contributed by atoms with Gasteiger partial charge in [0.2, 0.25) is 5.91 Å². The first-order valence-electron chi connectivity index (χ1n) is 9.52. The molecular weight excluding hydrogens is 372 g/mol. The van der Waals surface area contributed by atoms with Gasteiger partial charge in [0.15, 0.2) is 11.0 Å². The van der Waals surface area contributed by atoms with Crippen molar-refractivity contribution in [3.05, 3.63) is 54.0 Å². The first kappa shape index (κ1) is 20.2. The van der Waals surface area contributed by atoms with Gasteiger partial charge in [-0.15, -0.1) is 10.2 Å². The summed E-state index contributed by atoms with van der Waals surface area (Å²) in [5, 5.41) is 12.5. The first-order valence-corrected chi connectivity index (χ1v) is 10.5. The number of nitrogens with zero attached hydrogens (tertiary/aromatic N) is 3. The van der Waals surface area contributed by atoms with Crippen LogP contribution in [0.2, 0.25) is 0 Å². The Hall–Kier alpha value is -2.54. The van der Waals surface area contributed by atoms with Gasteiger partial charge in [-0.25, -0.2) is 0 Å². The molecule has 6 nitrogen and oxygen atoms in total. The highest BCUT2D eigenvalue weighted by atomic mass is 32.2. The molecular formula is C21H26N4O2S. The number of amides is 1. The summed E-state index contributed by atoms with van der Waals surface area (Å²) in [5.74, 6) is 1.91. The van der Waals surface area contributed by atoms with E-state index in [1.165, 1.54) is 17.3 Å². The van der Waals surface area contributed by atoms with Gasteiger partial charge in [0.05, 0.1) is 17.6 Å². The third-order valence-corrected chi connectivity index (χ3v) is 5.60. The highest BCUT2D eigenvalue weighted by Gasteiger charge is 2.18. The van der Waals surface area contributed by atoms with E-state index < -0.39 is 0 Å². The predicted molar refractivity (Wildman–Crippen MR) is 111 cm³/mol. The van der Waals surface area contributed by atoms with Crippen LogP contribution in [0.4, 0.5) is 0 Å². The standard InChI is InChI=1S/C21H26N4O2S/c1-4-15(2)22-19(26)14-28-21-24-23-20(18-11-13-27-16(18)3)25(21)12-10-17-8-6-5-7-9-17/h5-9,11,13,15H,4,10,12,14H2,1-3H3,(H,22,26)/t15-/m1/s1. The monoisotopic (exact) mass is 398 g/mol. The minimum atomic E-state index is 0.0120. The van der Waals surface area contributed by atoms with Crippen LogP contribution in [0, 0.1) is 6.92 Å². The molecule has 28 heavy (non-hydrogen) atoms. The molecule has 0 saturated heterocycles. The molecule has 1 atom stereocenters. The van der Waals surface area contributed by atoms with Gasteiger partial charge < -0.3 is 14.3 Å².